The summed E-state index contributed by atoms with van der Waals surface area (Å²) in [5, 5.41) is 4.81. The molecule has 0 saturated carbocycles. The number of benzene rings is 9. The van der Waals surface area contributed by atoms with Gasteiger partial charge in [-0.3, -0.25) is 0 Å². The minimum atomic E-state index is -0.516. The third-order valence-electron chi connectivity index (χ3n) is 12.0. The summed E-state index contributed by atoms with van der Waals surface area (Å²) in [6.45, 7) is 0. The molecule has 270 valence electrons. The second-order valence-corrected chi connectivity index (χ2v) is 15.1. The summed E-state index contributed by atoms with van der Waals surface area (Å²) in [5.74, 6) is 3.67. The van der Waals surface area contributed by atoms with Crippen LogP contribution in [0.1, 0.15) is 22.3 Å². The highest BCUT2D eigenvalue weighted by molar-refractivity contribution is 6.08. The molecule has 1 aliphatic carbocycles. The van der Waals surface area contributed by atoms with Gasteiger partial charge >= 0.3 is 0 Å². The maximum Gasteiger partial charge on any atom is 0.164 e. The molecule has 10 aromatic rings. The average Bonchev–Trinajstić information content (AvgIpc) is 3.59. The molecule has 0 saturated heterocycles. The van der Waals surface area contributed by atoms with Crippen molar-refractivity contribution in [2.45, 2.75) is 5.41 Å². The molecule has 9 aromatic carbocycles. The van der Waals surface area contributed by atoms with E-state index in [0.29, 0.717) is 17.5 Å². The van der Waals surface area contributed by atoms with E-state index in [9.17, 15) is 0 Å². The van der Waals surface area contributed by atoms with Crippen molar-refractivity contribution < 1.29 is 4.74 Å². The van der Waals surface area contributed by atoms with E-state index in [0.717, 1.165) is 55.8 Å². The number of hydrogen-bond donors (Lipinski definition) is 0. The molecule has 0 unspecified atom stereocenters. The van der Waals surface area contributed by atoms with Gasteiger partial charge in [0.15, 0.2) is 17.5 Å². The van der Waals surface area contributed by atoms with Crippen LogP contribution in [0.25, 0.3) is 78.0 Å². The van der Waals surface area contributed by atoms with Crippen molar-refractivity contribution in [1.82, 2.24) is 15.0 Å². The molecular weight excluding hydrogens is 707 g/mol. The van der Waals surface area contributed by atoms with E-state index in [1.165, 1.54) is 38.4 Å². The van der Waals surface area contributed by atoms with Crippen molar-refractivity contribution in [3.8, 4) is 67.9 Å². The monoisotopic (exact) mass is 739 g/mol. The summed E-state index contributed by atoms with van der Waals surface area (Å²) in [7, 11) is 0. The van der Waals surface area contributed by atoms with E-state index in [2.05, 4.69) is 170 Å². The first-order chi connectivity index (χ1) is 28.7. The van der Waals surface area contributed by atoms with E-state index >= 15 is 0 Å². The maximum absolute atomic E-state index is 6.68. The number of rotatable bonds is 4. The maximum atomic E-state index is 6.68. The smallest absolute Gasteiger partial charge is 0.164 e. The van der Waals surface area contributed by atoms with Crippen LogP contribution in [0, 0.1) is 0 Å². The summed E-state index contributed by atoms with van der Waals surface area (Å²) in [6.07, 6.45) is 0. The molecule has 0 N–H and O–H groups in total. The van der Waals surface area contributed by atoms with Crippen LogP contribution in [-0.4, -0.2) is 15.0 Å². The van der Waals surface area contributed by atoms with Crippen molar-refractivity contribution in [1.29, 1.82) is 0 Å². The zero-order valence-electron chi connectivity index (χ0n) is 31.3. The van der Waals surface area contributed by atoms with Gasteiger partial charge in [-0.2, -0.15) is 0 Å². The molecule has 1 aliphatic heterocycles. The number of aromatic nitrogens is 3. The third kappa shape index (κ3) is 4.85. The largest absolute Gasteiger partial charge is 0.457 e. The molecule has 1 spiro atoms. The molecule has 4 nitrogen and oxygen atoms in total. The summed E-state index contributed by atoms with van der Waals surface area (Å²) in [5.41, 5.74) is 11.9. The fourth-order valence-corrected chi connectivity index (χ4v) is 9.35. The van der Waals surface area contributed by atoms with Gasteiger partial charge < -0.3 is 4.74 Å². The van der Waals surface area contributed by atoms with Crippen LogP contribution in [0.5, 0.6) is 11.5 Å². The lowest BCUT2D eigenvalue weighted by Crippen LogP contribution is -2.32. The minimum absolute atomic E-state index is 0.516. The average molecular weight is 740 g/mol. The number of nitrogens with zero attached hydrogens (tertiary/aromatic N) is 3. The molecule has 0 fully saturated rings. The Kier molecular flexibility index (Phi) is 7.11. The predicted octanol–water partition coefficient (Wildman–Crippen LogP) is 13.3. The molecule has 4 heteroatoms. The van der Waals surface area contributed by atoms with Gasteiger partial charge in [0, 0.05) is 27.8 Å². The molecule has 2 heterocycles. The Bertz CT molecular complexity index is 3220. The molecular formula is C54H33N3O. The highest BCUT2D eigenvalue weighted by Crippen LogP contribution is 2.62. The first-order valence-corrected chi connectivity index (χ1v) is 19.7. The Balaban J connectivity index is 0.972. The number of para-hydroxylation sites is 1. The lowest BCUT2D eigenvalue weighted by Gasteiger charge is -2.39. The van der Waals surface area contributed by atoms with Gasteiger partial charge in [0.05, 0.1) is 5.41 Å². The zero-order valence-corrected chi connectivity index (χ0v) is 31.3. The molecule has 0 amide bonds. The van der Waals surface area contributed by atoms with Crippen LogP contribution < -0.4 is 4.74 Å². The highest BCUT2D eigenvalue weighted by atomic mass is 16.5. The summed E-state index contributed by atoms with van der Waals surface area (Å²) < 4.78 is 6.68. The predicted molar refractivity (Wildman–Crippen MR) is 234 cm³/mol. The van der Waals surface area contributed by atoms with Gasteiger partial charge in [-0.05, 0) is 79.2 Å². The van der Waals surface area contributed by atoms with Gasteiger partial charge in [0.25, 0.3) is 0 Å². The second-order valence-electron chi connectivity index (χ2n) is 15.1. The first kappa shape index (κ1) is 32.5. The van der Waals surface area contributed by atoms with Gasteiger partial charge in [-0.15, -0.1) is 0 Å². The molecule has 12 rings (SSSR count). The van der Waals surface area contributed by atoms with Crippen molar-refractivity contribution in [3.05, 3.63) is 222 Å². The second kappa shape index (κ2) is 12.7. The number of ether oxygens (including phenoxy) is 1. The SMILES string of the molecule is c1ccc(-c2nc(-c3ccc(-c4ccc5c(c4)C4(c6ccccc6O5)c5ccccc5-c5ccccc54)cc3)nc(-c3ccc4c(ccc5ccccc54)c3)n2)cc1. The number of fused-ring (bicyclic) bond motifs is 12. The number of hydrogen-bond acceptors (Lipinski definition) is 4. The molecule has 0 atom stereocenters. The van der Waals surface area contributed by atoms with Gasteiger partial charge in [0.2, 0.25) is 0 Å². The van der Waals surface area contributed by atoms with Crippen LogP contribution in [0.2, 0.25) is 0 Å². The van der Waals surface area contributed by atoms with Crippen molar-refractivity contribution >= 4 is 21.5 Å². The molecule has 0 radical (unpaired) electrons. The third-order valence-corrected chi connectivity index (χ3v) is 12.0. The van der Waals surface area contributed by atoms with Crippen LogP contribution >= 0.6 is 0 Å². The summed E-state index contributed by atoms with van der Waals surface area (Å²) >= 11 is 0. The Labute approximate surface area is 335 Å². The fourth-order valence-electron chi connectivity index (χ4n) is 9.35. The van der Waals surface area contributed by atoms with Crippen LogP contribution in [0.15, 0.2) is 200 Å². The summed E-state index contributed by atoms with van der Waals surface area (Å²) in [6, 6.07) is 70.9. The van der Waals surface area contributed by atoms with Gasteiger partial charge in [-0.1, -0.05) is 176 Å². The Morgan fingerprint density at radius 3 is 1.59 bits per heavy atom. The normalized spacial score (nSPS) is 13.1. The lowest BCUT2D eigenvalue weighted by atomic mass is 9.66. The minimum Gasteiger partial charge on any atom is -0.457 e. The van der Waals surface area contributed by atoms with E-state index in [-0.39, 0.29) is 0 Å². The standard InChI is InChI=1S/C54H33N3O/c1-2-13-36(14-3-1)51-55-52(57-53(56-51)40-28-30-42-39(32-40)27-24-35-12-4-5-15-41(35)42)37-25-22-34(23-26-37)38-29-31-50-48(33-38)54(47-20-10-11-21-49(47)58-50)45-18-8-6-16-43(45)44-17-7-9-19-46(44)54/h1-33H. The van der Waals surface area contributed by atoms with E-state index in [4.69, 9.17) is 19.7 Å². The topological polar surface area (TPSA) is 47.9 Å². The molecule has 1 aromatic heterocycles. The first-order valence-electron chi connectivity index (χ1n) is 19.7. The summed E-state index contributed by atoms with van der Waals surface area (Å²) in [4.78, 5) is 15.2. The molecule has 0 bridgehead atoms. The lowest BCUT2D eigenvalue weighted by molar-refractivity contribution is 0.436. The quantitative estimate of drug-likeness (QED) is 0.169. The van der Waals surface area contributed by atoms with Gasteiger partial charge in [-0.25, -0.2) is 15.0 Å². The highest BCUT2D eigenvalue weighted by Gasteiger charge is 2.51. The molecule has 58 heavy (non-hydrogen) atoms. The van der Waals surface area contributed by atoms with E-state index in [1.807, 2.05) is 30.3 Å². The zero-order chi connectivity index (χ0) is 38.2. The van der Waals surface area contributed by atoms with E-state index < -0.39 is 5.41 Å². The fraction of sp³-hybridized carbons (Fsp3) is 0.0185. The van der Waals surface area contributed by atoms with Crippen molar-refractivity contribution in [2.24, 2.45) is 0 Å². The molecule has 2 aliphatic rings. The Morgan fingerprint density at radius 1 is 0.310 bits per heavy atom. The van der Waals surface area contributed by atoms with Gasteiger partial charge in [0.1, 0.15) is 11.5 Å². The Morgan fingerprint density at radius 2 is 0.828 bits per heavy atom. The van der Waals surface area contributed by atoms with Crippen molar-refractivity contribution in [2.75, 3.05) is 0 Å². The van der Waals surface area contributed by atoms with Crippen LogP contribution in [0.3, 0.4) is 0 Å². The van der Waals surface area contributed by atoms with Crippen LogP contribution in [0.4, 0.5) is 0 Å². The van der Waals surface area contributed by atoms with Crippen LogP contribution in [-0.2, 0) is 5.41 Å². The Hall–Kier alpha value is -7.69. The van der Waals surface area contributed by atoms with Crippen molar-refractivity contribution in [3.63, 3.8) is 0 Å². The van der Waals surface area contributed by atoms with E-state index in [1.54, 1.807) is 0 Å².